The van der Waals surface area contributed by atoms with Gasteiger partial charge in [0.05, 0.1) is 18.3 Å². The lowest BCUT2D eigenvalue weighted by atomic mass is 9.97. The highest BCUT2D eigenvalue weighted by atomic mass is 16.8. The second-order valence-electron chi connectivity index (χ2n) is 5.36. The van der Waals surface area contributed by atoms with E-state index in [1.807, 2.05) is 13.8 Å². The Kier molecular flexibility index (Phi) is 1.77. The molecule has 1 heterocycles. The first kappa shape index (κ1) is 9.13. The van der Waals surface area contributed by atoms with E-state index in [1.54, 1.807) is 0 Å². The van der Waals surface area contributed by atoms with E-state index in [4.69, 9.17) is 9.47 Å². The van der Waals surface area contributed by atoms with E-state index in [2.05, 4.69) is 0 Å². The minimum absolute atomic E-state index is 0.146. The van der Waals surface area contributed by atoms with Gasteiger partial charge in [0.15, 0.2) is 5.79 Å². The van der Waals surface area contributed by atoms with Gasteiger partial charge in [-0.15, -0.1) is 0 Å². The summed E-state index contributed by atoms with van der Waals surface area (Å²) in [5.41, 5.74) is 0. The van der Waals surface area contributed by atoms with Crippen LogP contribution in [0.5, 0.6) is 0 Å². The predicted molar refractivity (Wildman–Crippen MR) is 50.7 cm³/mol. The third-order valence-electron chi connectivity index (χ3n) is 3.96. The summed E-state index contributed by atoms with van der Waals surface area (Å²) in [7, 11) is 0. The molecule has 14 heavy (non-hydrogen) atoms. The molecule has 1 N–H and O–H groups in total. The monoisotopic (exact) mass is 198 g/mol. The van der Waals surface area contributed by atoms with E-state index in [0.29, 0.717) is 11.8 Å². The molecule has 3 heteroatoms. The molecule has 2 saturated carbocycles. The Balaban J connectivity index is 1.83. The quantitative estimate of drug-likeness (QED) is 0.637. The van der Waals surface area contributed by atoms with Crippen LogP contribution < -0.4 is 0 Å². The molecule has 0 bridgehead atoms. The van der Waals surface area contributed by atoms with Crippen LogP contribution in [0.1, 0.15) is 33.1 Å². The summed E-state index contributed by atoms with van der Waals surface area (Å²) in [6.07, 6.45) is 3.39. The van der Waals surface area contributed by atoms with Crippen LogP contribution >= 0.6 is 0 Å². The third kappa shape index (κ3) is 1.16. The van der Waals surface area contributed by atoms with E-state index >= 15 is 0 Å². The van der Waals surface area contributed by atoms with Gasteiger partial charge in [-0.25, -0.2) is 0 Å². The van der Waals surface area contributed by atoms with Crippen molar-refractivity contribution in [3.8, 4) is 0 Å². The minimum Gasteiger partial charge on any atom is -0.393 e. The summed E-state index contributed by atoms with van der Waals surface area (Å²) >= 11 is 0. The molecule has 0 aromatic heterocycles. The summed E-state index contributed by atoms with van der Waals surface area (Å²) in [5.74, 6) is 0.528. The lowest BCUT2D eigenvalue weighted by Gasteiger charge is -2.23. The standard InChI is InChI=1S/C11H18O3/c1-11(2)13-8-5-6-3-4-7(12)9(6)10(8)14-11/h6-10,12H,3-5H2,1-2H3. The maximum absolute atomic E-state index is 9.88. The van der Waals surface area contributed by atoms with E-state index < -0.39 is 5.79 Å². The summed E-state index contributed by atoms with van der Waals surface area (Å²) < 4.78 is 11.7. The van der Waals surface area contributed by atoms with E-state index in [-0.39, 0.29) is 18.3 Å². The molecular formula is C11H18O3. The van der Waals surface area contributed by atoms with Crippen molar-refractivity contribution in [2.45, 2.75) is 57.2 Å². The fourth-order valence-corrected chi connectivity index (χ4v) is 3.52. The van der Waals surface area contributed by atoms with Gasteiger partial charge in [-0.05, 0) is 39.0 Å². The van der Waals surface area contributed by atoms with Gasteiger partial charge in [-0.2, -0.15) is 0 Å². The van der Waals surface area contributed by atoms with Gasteiger partial charge < -0.3 is 14.6 Å². The maximum atomic E-state index is 9.88. The SMILES string of the molecule is CC1(C)OC2CC3CCC(O)C3C2O1. The minimum atomic E-state index is -0.442. The van der Waals surface area contributed by atoms with Gasteiger partial charge in [0, 0.05) is 5.92 Å². The number of aliphatic hydroxyl groups is 1. The fraction of sp³-hybridized carbons (Fsp3) is 1.00. The predicted octanol–water partition coefficient (Wildman–Crippen LogP) is 1.30. The van der Waals surface area contributed by atoms with Crippen molar-refractivity contribution in [3.05, 3.63) is 0 Å². The molecule has 1 aliphatic heterocycles. The molecule has 3 rings (SSSR count). The van der Waals surface area contributed by atoms with Crippen LogP contribution in [0.15, 0.2) is 0 Å². The zero-order chi connectivity index (χ0) is 9.92. The summed E-state index contributed by atoms with van der Waals surface area (Å²) in [4.78, 5) is 0. The molecule has 0 aromatic carbocycles. The van der Waals surface area contributed by atoms with E-state index in [9.17, 15) is 5.11 Å². The first-order valence-electron chi connectivity index (χ1n) is 5.60. The largest absolute Gasteiger partial charge is 0.393 e. The molecule has 3 fully saturated rings. The zero-order valence-electron chi connectivity index (χ0n) is 8.77. The molecule has 1 saturated heterocycles. The van der Waals surface area contributed by atoms with Gasteiger partial charge >= 0.3 is 0 Å². The molecule has 0 aromatic rings. The van der Waals surface area contributed by atoms with Crippen LogP contribution in [0.25, 0.3) is 0 Å². The number of rotatable bonds is 0. The molecule has 5 unspecified atom stereocenters. The lowest BCUT2D eigenvalue weighted by Crippen LogP contribution is -2.31. The van der Waals surface area contributed by atoms with Gasteiger partial charge in [-0.1, -0.05) is 0 Å². The Morgan fingerprint density at radius 2 is 2.00 bits per heavy atom. The van der Waals surface area contributed by atoms with Crippen LogP contribution in [0.4, 0.5) is 0 Å². The second kappa shape index (κ2) is 2.71. The van der Waals surface area contributed by atoms with Crippen molar-refractivity contribution < 1.29 is 14.6 Å². The summed E-state index contributed by atoms with van der Waals surface area (Å²) in [6, 6.07) is 0. The van der Waals surface area contributed by atoms with Gasteiger partial charge in [-0.3, -0.25) is 0 Å². The maximum Gasteiger partial charge on any atom is 0.163 e. The highest BCUT2D eigenvalue weighted by molar-refractivity contribution is 5.03. The number of aliphatic hydroxyl groups excluding tert-OH is 1. The molecule has 5 atom stereocenters. The number of hydrogen-bond donors (Lipinski definition) is 1. The molecular weight excluding hydrogens is 180 g/mol. The van der Waals surface area contributed by atoms with Crippen molar-refractivity contribution in [1.82, 2.24) is 0 Å². The average Bonchev–Trinajstić information content (AvgIpc) is 2.61. The highest BCUT2D eigenvalue weighted by Gasteiger charge is 2.57. The first-order chi connectivity index (χ1) is 6.57. The number of ether oxygens (including phenoxy) is 2. The van der Waals surface area contributed by atoms with Crippen molar-refractivity contribution in [2.24, 2.45) is 11.8 Å². The van der Waals surface area contributed by atoms with Crippen molar-refractivity contribution in [1.29, 1.82) is 0 Å². The number of hydrogen-bond acceptors (Lipinski definition) is 3. The first-order valence-corrected chi connectivity index (χ1v) is 5.60. The second-order valence-corrected chi connectivity index (χ2v) is 5.36. The van der Waals surface area contributed by atoms with Crippen LogP contribution in [0, 0.1) is 11.8 Å². The molecule has 2 aliphatic carbocycles. The molecule has 3 aliphatic rings. The molecule has 0 amide bonds. The third-order valence-corrected chi connectivity index (χ3v) is 3.96. The molecule has 0 spiro atoms. The van der Waals surface area contributed by atoms with Crippen LogP contribution in [0.3, 0.4) is 0 Å². The Morgan fingerprint density at radius 3 is 2.79 bits per heavy atom. The Bertz CT molecular complexity index is 251. The lowest BCUT2D eigenvalue weighted by molar-refractivity contribution is -0.162. The van der Waals surface area contributed by atoms with Crippen LogP contribution in [0.2, 0.25) is 0 Å². The molecule has 80 valence electrons. The highest BCUT2D eigenvalue weighted by Crippen LogP contribution is 2.51. The average molecular weight is 198 g/mol. The van der Waals surface area contributed by atoms with Crippen molar-refractivity contribution >= 4 is 0 Å². The smallest absolute Gasteiger partial charge is 0.163 e. The van der Waals surface area contributed by atoms with Gasteiger partial charge in [0.25, 0.3) is 0 Å². The van der Waals surface area contributed by atoms with Crippen LogP contribution in [-0.4, -0.2) is 29.2 Å². The Labute approximate surface area is 84.4 Å². The zero-order valence-corrected chi connectivity index (χ0v) is 8.77. The summed E-state index contributed by atoms with van der Waals surface area (Å²) in [6.45, 7) is 3.92. The van der Waals surface area contributed by atoms with Crippen molar-refractivity contribution in [3.63, 3.8) is 0 Å². The molecule has 0 radical (unpaired) electrons. The summed E-state index contributed by atoms with van der Waals surface area (Å²) in [5, 5.41) is 9.88. The molecule has 3 nitrogen and oxygen atoms in total. The topological polar surface area (TPSA) is 38.7 Å². The van der Waals surface area contributed by atoms with Crippen LogP contribution in [-0.2, 0) is 9.47 Å². The van der Waals surface area contributed by atoms with E-state index in [1.165, 1.54) is 0 Å². The normalized spacial score (nSPS) is 54.6. The number of fused-ring (bicyclic) bond motifs is 3. The van der Waals surface area contributed by atoms with Gasteiger partial charge in [0.1, 0.15) is 0 Å². The van der Waals surface area contributed by atoms with Crippen molar-refractivity contribution in [2.75, 3.05) is 0 Å². The Morgan fingerprint density at radius 1 is 1.21 bits per heavy atom. The fourth-order valence-electron chi connectivity index (χ4n) is 3.52. The van der Waals surface area contributed by atoms with E-state index in [0.717, 1.165) is 19.3 Å². The van der Waals surface area contributed by atoms with Gasteiger partial charge in [0.2, 0.25) is 0 Å². The Hall–Kier alpha value is -0.120.